The van der Waals surface area contributed by atoms with E-state index >= 15 is 0 Å². The molecule has 4 heteroatoms. The summed E-state index contributed by atoms with van der Waals surface area (Å²) in [6.45, 7) is 1.64. The lowest BCUT2D eigenvalue weighted by molar-refractivity contribution is -0.164. The minimum absolute atomic E-state index is 0.384. The van der Waals surface area contributed by atoms with Crippen LogP contribution in [0.1, 0.15) is 13.3 Å². The summed E-state index contributed by atoms with van der Waals surface area (Å²) in [6.07, 6.45) is 2.04. The fourth-order valence-corrected chi connectivity index (χ4v) is 0.739. The van der Waals surface area contributed by atoms with Crippen LogP contribution in [0.5, 0.6) is 0 Å². The average Bonchev–Trinajstić information content (AvgIpc) is 2.36. The molecule has 0 radical (unpaired) electrons. The first-order chi connectivity index (χ1) is 4.69. The molecule has 1 rings (SSSR count). The van der Waals surface area contributed by atoms with Crippen molar-refractivity contribution in [2.24, 2.45) is 5.16 Å². The van der Waals surface area contributed by atoms with Gasteiger partial charge in [0.15, 0.2) is 0 Å². The topological polar surface area (TPSA) is 47.9 Å². The molecule has 0 aliphatic carbocycles. The van der Waals surface area contributed by atoms with E-state index < -0.39 is 5.60 Å². The zero-order valence-corrected chi connectivity index (χ0v) is 5.96. The number of hydrogen-bond donors (Lipinski definition) is 0. The van der Waals surface area contributed by atoms with Crippen LogP contribution in [0.15, 0.2) is 5.16 Å². The lowest BCUT2D eigenvalue weighted by Gasteiger charge is -2.16. The molecule has 0 aromatic heterocycles. The first-order valence-corrected chi connectivity index (χ1v) is 2.97. The number of esters is 1. The zero-order valence-electron chi connectivity index (χ0n) is 5.96. The van der Waals surface area contributed by atoms with Gasteiger partial charge in [0.25, 0.3) is 0 Å². The van der Waals surface area contributed by atoms with Crippen molar-refractivity contribution in [2.75, 3.05) is 7.11 Å². The van der Waals surface area contributed by atoms with Gasteiger partial charge in [-0.2, -0.15) is 0 Å². The molecule has 1 aliphatic heterocycles. The predicted octanol–water partition coefficient (Wildman–Crippen LogP) is 0.324. The molecular weight excluding hydrogens is 134 g/mol. The Hall–Kier alpha value is -1.06. The summed E-state index contributed by atoms with van der Waals surface area (Å²) in [7, 11) is 1.33. The van der Waals surface area contributed by atoms with Crippen molar-refractivity contribution in [3.63, 3.8) is 0 Å². The predicted molar refractivity (Wildman–Crippen MR) is 34.6 cm³/mol. The van der Waals surface area contributed by atoms with Gasteiger partial charge >= 0.3 is 5.97 Å². The zero-order chi connectivity index (χ0) is 7.61. The highest BCUT2D eigenvalue weighted by molar-refractivity contribution is 5.84. The molecule has 56 valence electrons. The van der Waals surface area contributed by atoms with Crippen molar-refractivity contribution in [3.05, 3.63) is 0 Å². The maximum Gasteiger partial charge on any atom is 0.353 e. The lowest BCUT2D eigenvalue weighted by atomic mass is 10.1. The number of rotatable bonds is 1. The molecule has 0 saturated heterocycles. The highest BCUT2D eigenvalue weighted by atomic mass is 16.7. The normalized spacial score (nSPS) is 29.8. The van der Waals surface area contributed by atoms with Crippen molar-refractivity contribution >= 4 is 12.2 Å². The summed E-state index contributed by atoms with van der Waals surface area (Å²) in [5, 5.41) is 3.48. The number of hydrogen-bond acceptors (Lipinski definition) is 4. The third-order valence-corrected chi connectivity index (χ3v) is 1.43. The standard InChI is InChI=1S/C6H9NO3/c1-6(5(8)9-2)3-4-7-10-6/h4H,3H2,1-2H3/t6-/m1/s1. The van der Waals surface area contributed by atoms with E-state index in [1.54, 1.807) is 13.1 Å². The summed E-state index contributed by atoms with van der Waals surface area (Å²) in [5.41, 5.74) is -0.880. The van der Waals surface area contributed by atoms with E-state index in [1.807, 2.05) is 0 Å². The van der Waals surface area contributed by atoms with Crippen molar-refractivity contribution in [1.82, 2.24) is 0 Å². The minimum Gasteiger partial charge on any atom is -0.466 e. The number of oxime groups is 1. The Morgan fingerprint density at radius 2 is 2.60 bits per heavy atom. The first kappa shape index (κ1) is 7.05. The van der Waals surface area contributed by atoms with Gasteiger partial charge in [0.1, 0.15) is 0 Å². The molecule has 10 heavy (non-hydrogen) atoms. The van der Waals surface area contributed by atoms with Crippen LogP contribution in [0.25, 0.3) is 0 Å². The second-order valence-corrected chi connectivity index (χ2v) is 2.31. The third kappa shape index (κ3) is 0.964. The molecule has 4 nitrogen and oxygen atoms in total. The van der Waals surface area contributed by atoms with Crippen LogP contribution in [0.4, 0.5) is 0 Å². The Bertz CT molecular complexity index is 168. The molecule has 0 N–H and O–H groups in total. The number of methoxy groups -OCH3 is 1. The van der Waals surface area contributed by atoms with Gasteiger partial charge in [0.05, 0.1) is 7.11 Å². The molecule has 0 amide bonds. The molecule has 1 heterocycles. The quantitative estimate of drug-likeness (QED) is 0.497. The molecule has 0 aromatic carbocycles. The number of carbonyl (C=O) groups excluding carboxylic acids is 1. The summed E-state index contributed by atoms with van der Waals surface area (Å²) in [4.78, 5) is 15.7. The Balaban J connectivity index is 2.61. The van der Waals surface area contributed by atoms with Gasteiger partial charge < -0.3 is 9.57 Å². The second kappa shape index (κ2) is 2.28. The largest absolute Gasteiger partial charge is 0.466 e. The molecule has 1 aliphatic rings. The highest BCUT2D eigenvalue weighted by Gasteiger charge is 2.39. The fourth-order valence-electron chi connectivity index (χ4n) is 0.739. The third-order valence-electron chi connectivity index (χ3n) is 1.43. The van der Waals surface area contributed by atoms with Crippen LogP contribution in [0, 0.1) is 0 Å². The summed E-state index contributed by atoms with van der Waals surface area (Å²) in [5.74, 6) is -0.384. The van der Waals surface area contributed by atoms with E-state index in [9.17, 15) is 4.79 Å². The average molecular weight is 143 g/mol. The summed E-state index contributed by atoms with van der Waals surface area (Å²) < 4.78 is 4.49. The molecule has 0 fully saturated rings. The van der Waals surface area contributed by atoms with Gasteiger partial charge in [-0.3, -0.25) is 0 Å². The van der Waals surface area contributed by atoms with Crippen LogP contribution in [-0.4, -0.2) is 24.9 Å². The SMILES string of the molecule is COC(=O)[C@@]1(C)CC=NO1. The van der Waals surface area contributed by atoms with Crippen LogP contribution in [-0.2, 0) is 14.4 Å². The van der Waals surface area contributed by atoms with E-state index in [1.165, 1.54) is 7.11 Å². The number of carbonyl (C=O) groups is 1. The Kier molecular flexibility index (Phi) is 1.61. The van der Waals surface area contributed by atoms with E-state index in [4.69, 9.17) is 4.84 Å². The minimum atomic E-state index is -0.880. The van der Waals surface area contributed by atoms with Gasteiger partial charge in [-0.15, -0.1) is 0 Å². The number of nitrogens with zero attached hydrogens (tertiary/aromatic N) is 1. The van der Waals surface area contributed by atoms with E-state index in [0.29, 0.717) is 6.42 Å². The monoisotopic (exact) mass is 143 g/mol. The van der Waals surface area contributed by atoms with Crippen molar-refractivity contribution in [2.45, 2.75) is 18.9 Å². The van der Waals surface area contributed by atoms with Gasteiger partial charge in [0.2, 0.25) is 5.60 Å². The van der Waals surface area contributed by atoms with E-state index in [0.717, 1.165) is 0 Å². The van der Waals surface area contributed by atoms with Gasteiger partial charge in [-0.05, 0) is 6.92 Å². The van der Waals surface area contributed by atoms with Crippen LogP contribution >= 0.6 is 0 Å². The van der Waals surface area contributed by atoms with Crippen molar-refractivity contribution in [3.8, 4) is 0 Å². The molecule has 0 aromatic rings. The van der Waals surface area contributed by atoms with Crippen molar-refractivity contribution in [1.29, 1.82) is 0 Å². The Morgan fingerprint density at radius 1 is 1.90 bits per heavy atom. The molecule has 0 unspecified atom stereocenters. The molecule has 0 spiro atoms. The number of ether oxygens (including phenoxy) is 1. The van der Waals surface area contributed by atoms with Gasteiger partial charge in [-0.1, -0.05) is 5.16 Å². The molecule has 0 saturated carbocycles. The first-order valence-electron chi connectivity index (χ1n) is 2.97. The lowest BCUT2D eigenvalue weighted by Crippen LogP contribution is -2.35. The smallest absolute Gasteiger partial charge is 0.353 e. The van der Waals surface area contributed by atoms with Gasteiger partial charge in [-0.25, -0.2) is 4.79 Å². The fraction of sp³-hybridized carbons (Fsp3) is 0.667. The van der Waals surface area contributed by atoms with Crippen molar-refractivity contribution < 1.29 is 14.4 Å². The van der Waals surface area contributed by atoms with Crippen LogP contribution < -0.4 is 0 Å². The maximum absolute atomic E-state index is 10.9. The Morgan fingerprint density at radius 3 is 3.00 bits per heavy atom. The summed E-state index contributed by atoms with van der Waals surface area (Å²) >= 11 is 0. The molecule has 1 atom stereocenters. The second-order valence-electron chi connectivity index (χ2n) is 2.31. The Labute approximate surface area is 58.8 Å². The molecule has 0 bridgehead atoms. The molecular formula is C6H9NO3. The van der Waals surface area contributed by atoms with Crippen LogP contribution in [0.3, 0.4) is 0 Å². The van der Waals surface area contributed by atoms with Crippen LogP contribution in [0.2, 0.25) is 0 Å². The highest BCUT2D eigenvalue weighted by Crippen LogP contribution is 2.20. The van der Waals surface area contributed by atoms with Gasteiger partial charge in [0, 0.05) is 12.6 Å². The van der Waals surface area contributed by atoms with E-state index in [2.05, 4.69) is 9.89 Å². The maximum atomic E-state index is 10.9. The summed E-state index contributed by atoms with van der Waals surface area (Å²) in [6, 6.07) is 0. The van der Waals surface area contributed by atoms with E-state index in [-0.39, 0.29) is 5.97 Å².